The Morgan fingerprint density at radius 3 is 2.45 bits per heavy atom. The van der Waals surface area contributed by atoms with Crippen molar-refractivity contribution in [2.75, 3.05) is 18.0 Å². The van der Waals surface area contributed by atoms with Crippen LogP contribution in [0.1, 0.15) is 40.5 Å². The summed E-state index contributed by atoms with van der Waals surface area (Å²) in [5.41, 5.74) is 0.622. The minimum Gasteiger partial charge on any atom is -0.369 e. The van der Waals surface area contributed by atoms with Gasteiger partial charge in [-0.05, 0) is 31.9 Å². The van der Waals surface area contributed by atoms with Gasteiger partial charge in [0, 0.05) is 30.1 Å². The first-order valence-electron chi connectivity index (χ1n) is 6.56. The molecule has 1 fully saturated rings. The lowest BCUT2D eigenvalue weighted by Gasteiger charge is -2.32. The number of hydrogen-bond acceptors (Lipinski definition) is 4. The van der Waals surface area contributed by atoms with Crippen molar-refractivity contribution in [2.45, 2.75) is 19.8 Å². The van der Waals surface area contributed by atoms with Gasteiger partial charge >= 0.3 is 0 Å². The first-order chi connectivity index (χ1) is 9.56. The molecule has 2 rings (SSSR count). The van der Waals surface area contributed by atoms with Crippen LogP contribution in [0.3, 0.4) is 0 Å². The Hall–Kier alpha value is -2.04. The molecule has 0 aliphatic carbocycles. The molecular formula is C15H16FNO3. The third-order valence-electron chi connectivity index (χ3n) is 3.70. The van der Waals surface area contributed by atoms with Crippen LogP contribution in [-0.4, -0.2) is 31.4 Å². The van der Waals surface area contributed by atoms with Gasteiger partial charge in [0.1, 0.15) is 12.1 Å². The van der Waals surface area contributed by atoms with Crippen molar-refractivity contribution < 1.29 is 18.8 Å². The van der Waals surface area contributed by atoms with E-state index in [-0.39, 0.29) is 22.8 Å². The average Bonchev–Trinajstić information content (AvgIpc) is 2.47. The second-order valence-electron chi connectivity index (χ2n) is 5.03. The lowest BCUT2D eigenvalue weighted by Crippen LogP contribution is -2.34. The minimum absolute atomic E-state index is 0.0244. The second-order valence-corrected chi connectivity index (χ2v) is 5.03. The number of nitrogens with zero attached hydrogens (tertiary/aromatic N) is 1. The van der Waals surface area contributed by atoms with E-state index in [0.29, 0.717) is 37.9 Å². The van der Waals surface area contributed by atoms with Crippen LogP contribution in [0.4, 0.5) is 10.1 Å². The molecule has 0 saturated carbocycles. The minimum atomic E-state index is -0.509. The second kappa shape index (κ2) is 5.94. The normalized spacial score (nSPS) is 16.0. The maximum absolute atomic E-state index is 14.1. The highest BCUT2D eigenvalue weighted by Crippen LogP contribution is 2.27. The Labute approximate surface area is 116 Å². The molecule has 0 N–H and O–H groups in total. The van der Waals surface area contributed by atoms with Crippen LogP contribution in [-0.2, 0) is 4.79 Å². The van der Waals surface area contributed by atoms with Gasteiger partial charge < -0.3 is 9.69 Å². The van der Waals surface area contributed by atoms with Crippen molar-refractivity contribution in [3.8, 4) is 0 Å². The van der Waals surface area contributed by atoms with Crippen LogP contribution in [0.2, 0.25) is 0 Å². The molecule has 0 radical (unpaired) electrons. The molecule has 0 aromatic heterocycles. The Morgan fingerprint density at radius 1 is 1.30 bits per heavy atom. The highest BCUT2D eigenvalue weighted by molar-refractivity contribution is 6.02. The summed E-state index contributed by atoms with van der Waals surface area (Å²) >= 11 is 0. The maximum atomic E-state index is 14.1. The van der Waals surface area contributed by atoms with E-state index < -0.39 is 5.82 Å². The summed E-state index contributed by atoms with van der Waals surface area (Å²) < 4.78 is 14.1. The van der Waals surface area contributed by atoms with Gasteiger partial charge in [-0.3, -0.25) is 9.59 Å². The number of carbonyl (C=O) groups is 3. The van der Waals surface area contributed by atoms with Crippen LogP contribution in [0.5, 0.6) is 0 Å². The van der Waals surface area contributed by atoms with Gasteiger partial charge in [-0.2, -0.15) is 0 Å². The number of benzene rings is 1. The number of piperidine rings is 1. The molecule has 0 spiro atoms. The lowest BCUT2D eigenvalue weighted by molar-refractivity contribution is -0.111. The number of hydrogen-bond donors (Lipinski definition) is 0. The number of carbonyl (C=O) groups excluding carboxylic acids is 3. The number of ketones is 1. The monoisotopic (exact) mass is 277 g/mol. The fourth-order valence-electron chi connectivity index (χ4n) is 2.50. The predicted molar refractivity (Wildman–Crippen MR) is 72.8 cm³/mol. The first-order valence-corrected chi connectivity index (χ1v) is 6.56. The molecule has 20 heavy (non-hydrogen) atoms. The Morgan fingerprint density at radius 2 is 1.95 bits per heavy atom. The number of Topliss-reactive ketones (excluding diaryl/α,β-unsaturated/α-hetero) is 1. The summed E-state index contributed by atoms with van der Waals surface area (Å²) in [6.07, 6.45) is 2.85. The number of halogens is 1. The Bertz CT molecular complexity index is 548. The van der Waals surface area contributed by atoms with Crippen LogP contribution in [0.15, 0.2) is 12.1 Å². The number of anilines is 1. The zero-order valence-corrected chi connectivity index (χ0v) is 11.3. The molecule has 1 heterocycles. The van der Waals surface area contributed by atoms with Crippen molar-refractivity contribution in [2.24, 2.45) is 5.92 Å². The van der Waals surface area contributed by atoms with Crippen molar-refractivity contribution >= 4 is 24.0 Å². The number of rotatable bonds is 4. The summed E-state index contributed by atoms with van der Waals surface area (Å²) in [6.45, 7) is 2.44. The standard InChI is InChI=1S/C15H16FNO3/c1-10(20)13-7-14(16)15(6-12(13)9-19)17-4-2-11(8-18)3-5-17/h6-9,11H,2-5H2,1H3. The summed E-state index contributed by atoms with van der Waals surface area (Å²) in [5.74, 6) is -0.820. The maximum Gasteiger partial charge on any atom is 0.160 e. The smallest absolute Gasteiger partial charge is 0.160 e. The lowest BCUT2D eigenvalue weighted by atomic mass is 9.97. The third-order valence-corrected chi connectivity index (χ3v) is 3.70. The van der Waals surface area contributed by atoms with E-state index in [1.165, 1.54) is 13.0 Å². The van der Waals surface area contributed by atoms with Gasteiger partial charge in [-0.15, -0.1) is 0 Å². The molecule has 106 valence electrons. The molecule has 1 aromatic carbocycles. The SMILES string of the molecule is CC(=O)c1cc(F)c(N2CCC(C=O)CC2)cc1C=O. The molecule has 1 aliphatic rings. The highest BCUT2D eigenvalue weighted by atomic mass is 19.1. The Kier molecular flexibility index (Phi) is 4.27. The molecule has 1 aromatic rings. The topological polar surface area (TPSA) is 54.5 Å². The summed E-state index contributed by atoms with van der Waals surface area (Å²) in [4.78, 5) is 34.9. The van der Waals surface area contributed by atoms with Crippen LogP contribution < -0.4 is 4.90 Å². The van der Waals surface area contributed by atoms with E-state index in [0.717, 1.165) is 12.4 Å². The molecule has 0 atom stereocenters. The zero-order chi connectivity index (χ0) is 14.7. The van der Waals surface area contributed by atoms with Gasteiger partial charge in [-0.25, -0.2) is 4.39 Å². The molecule has 1 aliphatic heterocycles. The van der Waals surface area contributed by atoms with E-state index in [2.05, 4.69) is 0 Å². The molecule has 5 heteroatoms. The third kappa shape index (κ3) is 2.76. The fraction of sp³-hybridized carbons (Fsp3) is 0.400. The molecule has 1 saturated heterocycles. The van der Waals surface area contributed by atoms with E-state index in [9.17, 15) is 18.8 Å². The van der Waals surface area contributed by atoms with E-state index >= 15 is 0 Å². The predicted octanol–water partition coefficient (Wildman–Crippen LogP) is 2.26. The average molecular weight is 277 g/mol. The number of aldehydes is 2. The van der Waals surface area contributed by atoms with Crippen LogP contribution >= 0.6 is 0 Å². The molecule has 0 amide bonds. The van der Waals surface area contributed by atoms with Gasteiger partial charge in [0.05, 0.1) is 5.69 Å². The quantitative estimate of drug-likeness (QED) is 0.625. The van der Waals surface area contributed by atoms with Crippen molar-refractivity contribution in [1.82, 2.24) is 0 Å². The van der Waals surface area contributed by atoms with Crippen molar-refractivity contribution in [3.05, 3.63) is 29.1 Å². The van der Waals surface area contributed by atoms with E-state index in [4.69, 9.17) is 0 Å². The highest BCUT2D eigenvalue weighted by Gasteiger charge is 2.22. The summed E-state index contributed by atoms with van der Waals surface area (Å²) in [7, 11) is 0. The van der Waals surface area contributed by atoms with Crippen LogP contribution in [0, 0.1) is 11.7 Å². The molecule has 0 bridgehead atoms. The van der Waals surface area contributed by atoms with Gasteiger partial charge in [0.15, 0.2) is 12.1 Å². The van der Waals surface area contributed by atoms with Crippen LogP contribution in [0.25, 0.3) is 0 Å². The summed E-state index contributed by atoms with van der Waals surface area (Å²) in [6, 6.07) is 2.54. The largest absolute Gasteiger partial charge is 0.369 e. The van der Waals surface area contributed by atoms with E-state index in [1.54, 1.807) is 0 Å². The fourth-order valence-corrected chi connectivity index (χ4v) is 2.50. The zero-order valence-electron chi connectivity index (χ0n) is 11.3. The Balaban J connectivity index is 2.31. The summed E-state index contributed by atoms with van der Waals surface area (Å²) in [5, 5.41) is 0. The van der Waals surface area contributed by atoms with Gasteiger partial charge in [0.2, 0.25) is 0 Å². The molecule has 4 nitrogen and oxygen atoms in total. The molecule has 0 unspecified atom stereocenters. The first kappa shape index (κ1) is 14.4. The van der Waals surface area contributed by atoms with Crippen molar-refractivity contribution in [3.63, 3.8) is 0 Å². The molecular weight excluding hydrogens is 261 g/mol. The van der Waals surface area contributed by atoms with Crippen molar-refractivity contribution in [1.29, 1.82) is 0 Å². The van der Waals surface area contributed by atoms with Gasteiger partial charge in [-0.1, -0.05) is 0 Å². The van der Waals surface area contributed by atoms with Gasteiger partial charge in [0.25, 0.3) is 0 Å². The van der Waals surface area contributed by atoms with E-state index in [1.807, 2.05) is 4.90 Å².